The fraction of sp³-hybridized carbons (Fsp3) is 0.200. The Labute approximate surface area is 101 Å². The number of benzene rings is 1. The molecule has 0 unspecified atom stereocenters. The van der Waals surface area contributed by atoms with E-state index in [0.717, 1.165) is 4.70 Å². The van der Waals surface area contributed by atoms with Crippen LogP contribution in [0.4, 0.5) is 15.6 Å². The number of methoxy groups -OCH3 is 2. The summed E-state index contributed by atoms with van der Waals surface area (Å²) in [4.78, 5) is 15.3. The number of hydrogen-bond donors (Lipinski definition) is 2. The summed E-state index contributed by atoms with van der Waals surface area (Å²) in [6.45, 7) is 0. The summed E-state index contributed by atoms with van der Waals surface area (Å²) in [5.74, 6) is 0.614. The Balaban J connectivity index is 2.48. The van der Waals surface area contributed by atoms with Crippen molar-refractivity contribution in [2.24, 2.45) is 0 Å². The topological polar surface area (TPSA) is 86.5 Å². The Morgan fingerprint density at radius 2 is 2.24 bits per heavy atom. The number of rotatable bonds is 2. The number of fused-ring (bicyclic) bond motifs is 1. The standard InChI is InChI=1S/C10H11N3O3S/c1-15-6-4-3-5(11)8-7(6)12-9(17-8)13-10(14)16-2/h3-4H,11H2,1-2H3,(H,12,13,14). The van der Waals surface area contributed by atoms with Crippen LogP contribution in [0.2, 0.25) is 0 Å². The first-order chi connectivity index (χ1) is 8.15. The number of ether oxygens (including phenoxy) is 2. The lowest BCUT2D eigenvalue weighted by Gasteiger charge is -2.00. The van der Waals surface area contributed by atoms with E-state index >= 15 is 0 Å². The molecular formula is C10H11N3O3S. The molecule has 0 atom stereocenters. The summed E-state index contributed by atoms with van der Waals surface area (Å²) in [7, 11) is 2.84. The highest BCUT2D eigenvalue weighted by atomic mass is 32.1. The van der Waals surface area contributed by atoms with Gasteiger partial charge in [-0.1, -0.05) is 11.3 Å². The molecule has 7 heteroatoms. The minimum absolute atomic E-state index is 0.419. The normalized spacial score (nSPS) is 10.2. The predicted octanol–water partition coefficient (Wildman–Crippen LogP) is 2.07. The minimum Gasteiger partial charge on any atom is -0.494 e. The van der Waals surface area contributed by atoms with Gasteiger partial charge in [-0.15, -0.1) is 0 Å². The van der Waals surface area contributed by atoms with Gasteiger partial charge in [0, 0.05) is 0 Å². The number of nitrogen functional groups attached to an aromatic ring is 1. The molecule has 0 saturated heterocycles. The highest BCUT2D eigenvalue weighted by Gasteiger charge is 2.13. The molecule has 0 aliphatic carbocycles. The molecule has 90 valence electrons. The van der Waals surface area contributed by atoms with Crippen molar-refractivity contribution < 1.29 is 14.3 Å². The van der Waals surface area contributed by atoms with Gasteiger partial charge in [-0.2, -0.15) is 0 Å². The van der Waals surface area contributed by atoms with Gasteiger partial charge >= 0.3 is 6.09 Å². The fourth-order valence-electron chi connectivity index (χ4n) is 1.36. The molecule has 1 amide bonds. The van der Waals surface area contributed by atoms with E-state index in [1.54, 1.807) is 19.2 Å². The fourth-order valence-corrected chi connectivity index (χ4v) is 2.25. The summed E-state index contributed by atoms with van der Waals surface area (Å²) >= 11 is 1.27. The van der Waals surface area contributed by atoms with Crippen LogP contribution in [0, 0.1) is 0 Å². The average Bonchev–Trinajstić information content (AvgIpc) is 2.74. The van der Waals surface area contributed by atoms with Gasteiger partial charge in [-0.25, -0.2) is 9.78 Å². The second-order valence-corrected chi connectivity index (χ2v) is 4.17. The van der Waals surface area contributed by atoms with Crippen LogP contribution in [-0.2, 0) is 4.74 Å². The van der Waals surface area contributed by atoms with Crippen LogP contribution in [0.1, 0.15) is 0 Å². The highest BCUT2D eigenvalue weighted by molar-refractivity contribution is 7.23. The number of hydrogen-bond acceptors (Lipinski definition) is 6. The number of nitrogens with one attached hydrogen (secondary N) is 1. The Morgan fingerprint density at radius 3 is 2.88 bits per heavy atom. The zero-order valence-electron chi connectivity index (χ0n) is 9.31. The Kier molecular flexibility index (Phi) is 3.01. The van der Waals surface area contributed by atoms with Crippen molar-refractivity contribution in [1.29, 1.82) is 0 Å². The molecule has 0 spiro atoms. The lowest BCUT2D eigenvalue weighted by atomic mass is 10.3. The van der Waals surface area contributed by atoms with Crippen molar-refractivity contribution >= 4 is 38.5 Å². The molecule has 1 heterocycles. The molecule has 0 saturated carbocycles. The summed E-state index contributed by atoms with van der Waals surface area (Å²) in [5.41, 5.74) is 7.05. The van der Waals surface area contributed by atoms with Gasteiger partial charge < -0.3 is 15.2 Å². The Morgan fingerprint density at radius 1 is 1.47 bits per heavy atom. The molecule has 0 radical (unpaired) electrons. The Bertz CT molecular complexity index is 567. The van der Waals surface area contributed by atoms with Gasteiger partial charge in [0.1, 0.15) is 11.3 Å². The van der Waals surface area contributed by atoms with Crippen LogP contribution in [0.25, 0.3) is 10.2 Å². The largest absolute Gasteiger partial charge is 0.494 e. The SMILES string of the molecule is COC(=O)Nc1nc2c(OC)ccc(N)c2s1. The second-order valence-electron chi connectivity index (χ2n) is 3.17. The van der Waals surface area contributed by atoms with E-state index in [2.05, 4.69) is 15.0 Å². The summed E-state index contributed by atoms with van der Waals surface area (Å²) in [5, 5.41) is 2.91. The van der Waals surface area contributed by atoms with E-state index in [0.29, 0.717) is 22.1 Å². The maximum absolute atomic E-state index is 11.1. The lowest BCUT2D eigenvalue weighted by molar-refractivity contribution is 0.187. The number of anilines is 2. The minimum atomic E-state index is -0.568. The van der Waals surface area contributed by atoms with E-state index in [-0.39, 0.29) is 0 Å². The first kappa shape index (κ1) is 11.5. The molecule has 6 nitrogen and oxygen atoms in total. The average molecular weight is 253 g/mol. The van der Waals surface area contributed by atoms with Gasteiger partial charge in [-0.05, 0) is 12.1 Å². The van der Waals surface area contributed by atoms with Crippen molar-refractivity contribution in [3.05, 3.63) is 12.1 Å². The molecule has 1 aromatic carbocycles. The van der Waals surface area contributed by atoms with Gasteiger partial charge in [0.25, 0.3) is 0 Å². The molecule has 0 aliphatic rings. The van der Waals surface area contributed by atoms with Crippen molar-refractivity contribution in [3.8, 4) is 5.75 Å². The zero-order valence-corrected chi connectivity index (χ0v) is 10.1. The van der Waals surface area contributed by atoms with E-state index in [1.807, 2.05) is 0 Å². The molecule has 2 aromatic rings. The number of aromatic nitrogens is 1. The summed E-state index contributed by atoms with van der Waals surface area (Å²) in [6.07, 6.45) is -0.568. The predicted molar refractivity (Wildman–Crippen MR) is 66.6 cm³/mol. The van der Waals surface area contributed by atoms with Gasteiger partial charge in [-0.3, -0.25) is 5.32 Å². The molecular weight excluding hydrogens is 242 g/mol. The van der Waals surface area contributed by atoms with Crippen LogP contribution in [0.15, 0.2) is 12.1 Å². The van der Waals surface area contributed by atoms with Crippen molar-refractivity contribution in [2.45, 2.75) is 0 Å². The maximum atomic E-state index is 11.1. The molecule has 2 rings (SSSR count). The third kappa shape index (κ3) is 2.09. The maximum Gasteiger partial charge on any atom is 0.413 e. The number of carbonyl (C=O) groups excluding carboxylic acids is 1. The van der Waals surface area contributed by atoms with Crippen molar-refractivity contribution in [2.75, 3.05) is 25.3 Å². The van der Waals surface area contributed by atoms with Crippen molar-refractivity contribution in [3.63, 3.8) is 0 Å². The van der Waals surface area contributed by atoms with Crippen LogP contribution in [0.3, 0.4) is 0 Å². The zero-order chi connectivity index (χ0) is 12.4. The summed E-state index contributed by atoms with van der Waals surface area (Å²) < 4.78 is 10.4. The van der Waals surface area contributed by atoms with E-state index in [9.17, 15) is 4.79 Å². The molecule has 3 N–H and O–H groups in total. The summed E-state index contributed by atoms with van der Waals surface area (Å²) in [6, 6.07) is 3.47. The van der Waals surface area contributed by atoms with Gasteiger partial charge in [0.2, 0.25) is 0 Å². The quantitative estimate of drug-likeness (QED) is 0.800. The highest BCUT2D eigenvalue weighted by Crippen LogP contribution is 2.36. The van der Waals surface area contributed by atoms with Crippen molar-refractivity contribution in [1.82, 2.24) is 4.98 Å². The third-order valence-electron chi connectivity index (χ3n) is 2.15. The first-order valence-corrected chi connectivity index (χ1v) is 5.55. The lowest BCUT2D eigenvalue weighted by Crippen LogP contribution is -2.10. The smallest absolute Gasteiger partial charge is 0.413 e. The Hall–Kier alpha value is -2.02. The van der Waals surface area contributed by atoms with Crippen LogP contribution in [-0.4, -0.2) is 25.3 Å². The van der Waals surface area contributed by atoms with Gasteiger partial charge in [0.15, 0.2) is 5.13 Å². The monoisotopic (exact) mass is 253 g/mol. The number of nitrogens with zero attached hydrogens (tertiary/aromatic N) is 1. The van der Waals surface area contributed by atoms with E-state index in [4.69, 9.17) is 10.5 Å². The number of thiazole rings is 1. The van der Waals surface area contributed by atoms with E-state index in [1.165, 1.54) is 18.4 Å². The van der Waals surface area contributed by atoms with Crippen LogP contribution < -0.4 is 15.8 Å². The van der Waals surface area contributed by atoms with Gasteiger partial charge in [0.05, 0.1) is 24.6 Å². The number of carbonyl (C=O) groups is 1. The molecule has 0 fully saturated rings. The molecule has 0 aliphatic heterocycles. The third-order valence-corrected chi connectivity index (χ3v) is 3.17. The second kappa shape index (κ2) is 4.46. The van der Waals surface area contributed by atoms with E-state index < -0.39 is 6.09 Å². The number of nitrogens with two attached hydrogens (primary N) is 1. The van der Waals surface area contributed by atoms with Crippen LogP contribution >= 0.6 is 11.3 Å². The first-order valence-electron chi connectivity index (χ1n) is 4.73. The number of amides is 1. The molecule has 17 heavy (non-hydrogen) atoms. The van der Waals surface area contributed by atoms with Crippen LogP contribution in [0.5, 0.6) is 5.75 Å². The molecule has 1 aromatic heterocycles. The molecule has 0 bridgehead atoms.